The molecule has 0 saturated heterocycles. The quantitative estimate of drug-likeness (QED) is 0.302. The second-order valence-electron chi connectivity index (χ2n) is 7.83. The van der Waals surface area contributed by atoms with Gasteiger partial charge in [0.15, 0.2) is 0 Å². The van der Waals surface area contributed by atoms with Crippen molar-refractivity contribution in [2.45, 2.75) is 65.7 Å². The highest BCUT2D eigenvalue weighted by atomic mass is 32.2. The number of unbranched alkanes of at least 4 members (excludes halogenated alkanes) is 1. The molecule has 0 spiro atoms. The van der Waals surface area contributed by atoms with Crippen LogP contribution in [0.2, 0.25) is 0 Å². The summed E-state index contributed by atoms with van der Waals surface area (Å²) in [6, 6.07) is 4.66. The summed E-state index contributed by atoms with van der Waals surface area (Å²) in [5.74, 6) is 1.74. The fourth-order valence-electron chi connectivity index (χ4n) is 2.51. The van der Waals surface area contributed by atoms with E-state index in [0.29, 0.717) is 11.3 Å². The third kappa shape index (κ3) is 6.22. The van der Waals surface area contributed by atoms with Crippen LogP contribution < -0.4 is 0 Å². The minimum atomic E-state index is 0.295. The first-order valence-corrected chi connectivity index (χ1v) is 10.5. The molecule has 0 fully saturated rings. The largest absolute Gasteiger partial charge is 0.124 e. The van der Waals surface area contributed by atoms with Gasteiger partial charge in [0.05, 0.1) is 0 Å². The molecule has 0 aliphatic heterocycles. The summed E-state index contributed by atoms with van der Waals surface area (Å²) < 4.78 is 0. The molecule has 0 nitrogen and oxygen atoms in total. The maximum atomic E-state index is 4.32. The average Bonchev–Trinajstić information content (AvgIpc) is 2.57. The lowest BCUT2D eigenvalue weighted by atomic mass is 9.83. The topological polar surface area (TPSA) is 0 Å². The van der Waals surface area contributed by atoms with Gasteiger partial charge in [-0.2, -0.15) is 0 Å². The van der Waals surface area contributed by atoms with E-state index in [0.717, 1.165) is 17.7 Å². The highest BCUT2D eigenvalue weighted by Gasteiger charge is 2.24. The molecular formula is C24H36S. The highest BCUT2D eigenvalue weighted by Crippen LogP contribution is 2.39. The number of aryl methyl sites for hydroxylation is 1. The van der Waals surface area contributed by atoms with Gasteiger partial charge >= 0.3 is 0 Å². The molecule has 1 rings (SSSR count). The Kier molecular flexibility index (Phi) is 8.79. The molecule has 0 radical (unpaired) electrons. The van der Waals surface area contributed by atoms with Gasteiger partial charge < -0.3 is 0 Å². The Morgan fingerprint density at radius 1 is 1.28 bits per heavy atom. The van der Waals surface area contributed by atoms with Crippen molar-refractivity contribution in [2.24, 2.45) is 11.3 Å². The minimum absolute atomic E-state index is 0.295. The van der Waals surface area contributed by atoms with Crippen molar-refractivity contribution < 1.29 is 0 Å². The van der Waals surface area contributed by atoms with E-state index >= 15 is 0 Å². The van der Waals surface area contributed by atoms with Crippen LogP contribution in [0.15, 0.2) is 42.3 Å². The minimum Gasteiger partial charge on any atom is -0.124 e. The maximum Gasteiger partial charge on any atom is 0.0223 e. The van der Waals surface area contributed by atoms with Gasteiger partial charge in [-0.15, -0.1) is 11.8 Å². The molecule has 0 unspecified atom stereocenters. The third-order valence-corrected chi connectivity index (χ3v) is 6.71. The van der Waals surface area contributed by atoms with Gasteiger partial charge in [-0.25, -0.2) is 0 Å². The second-order valence-corrected chi connectivity index (χ2v) is 8.81. The zero-order valence-corrected chi connectivity index (χ0v) is 17.9. The van der Waals surface area contributed by atoms with Crippen molar-refractivity contribution in [1.29, 1.82) is 0 Å². The molecule has 0 aliphatic carbocycles. The highest BCUT2D eigenvalue weighted by molar-refractivity contribution is 7.99. The van der Waals surface area contributed by atoms with Crippen molar-refractivity contribution in [3.05, 3.63) is 54.1 Å². The normalized spacial score (nSPS) is 12.1. The molecule has 0 amide bonds. The van der Waals surface area contributed by atoms with Gasteiger partial charge in [0.2, 0.25) is 0 Å². The van der Waals surface area contributed by atoms with Crippen LogP contribution in [0.5, 0.6) is 0 Å². The number of thioether (sulfide) groups is 1. The predicted octanol–water partition coefficient (Wildman–Crippen LogP) is 8.04. The molecule has 1 heteroatoms. The number of rotatable bonds is 10. The van der Waals surface area contributed by atoms with Crippen molar-refractivity contribution in [3.8, 4) is 0 Å². The summed E-state index contributed by atoms with van der Waals surface area (Å²) in [5, 5.41) is 0. The van der Waals surface area contributed by atoms with Gasteiger partial charge in [-0.3, -0.25) is 0 Å². The summed E-state index contributed by atoms with van der Waals surface area (Å²) in [6.07, 6.45) is 9.75. The maximum absolute atomic E-state index is 4.32. The van der Waals surface area contributed by atoms with E-state index in [1.165, 1.54) is 34.4 Å². The lowest BCUT2D eigenvalue weighted by molar-refractivity contribution is 0.291. The summed E-state index contributed by atoms with van der Waals surface area (Å²) in [6.45, 7) is 22.0. The first-order valence-electron chi connectivity index (χ1n) is 9.50. The van der Waals surface area contributed by atoms with E-state index in [4.69, 9.17) is 0 Å². The van der Waals surface area contributed by atoms with Crippen molar-refractivity contribution >= 4 is 23.4 Å². The van der Waals surface area contributed by atoms with E-state index < -0.39 is 0 Å². The van der Waals surface area contributed by atoms with Crippen molar-refractivity contribution in [3.63, 3.8) is 0 Å². The van der Waals surface area contributed by atoms with Crippen molar-refractivity contribution in [2.75, 3.05) is 5.75 Å². The molecule has 0 aromatic heterocycles. The van der Waals surface area contributed by atoms with E-state index in [9.17, 15) is 0 Å². The lowest BCUT2D eigenvalue weighted by Crippen LogP contribution is -2.22. The van der Waals surface area contributed by atoms with Crippen LogP contribution in [0.1, 0.15) is 71.1 Å². The number of hydrogen-bond acceptors (Lipinski definition) is 1. The van der Waals surface area contributed by atoms with Crippen LogP contribution in [0, 0.1) is 11.3 Å². The van der Waals surface area contributed by atoms with E-state index in [1.54, 1.807) is 0 Å². The monoisotopic (exact) mass is 356 g/mol. The third-order valence-electron chi connectivity index (χ3n) is 5.08. The number of benzene rings is 1. The Balaban J connectivity index is 3.31. The molecule has 25 heavy (non-hydrogen) atoms. The molecule has 0 aliphatic rings. The second kappa shape index (κ2) is 10.1. The van der Waals surface area contributed by atoms with Crippen LogP contribution in [0.3, 0.4) is 0 Å². The summed E-state index contributed by atoms with van der Waals surface area (Å²) in [5.41, 5.74) is 5.30. The molecule has 138 valence electrons. The van der Waals surface area contributed by atoms with E-state index in [1.807, 2.05) is 17.8 Å². The van der Waals surface area contributed by atoms with Crippen LogP contribution in [0.4, 0.5) is 0 Å². The first-order chi connectivity index (χ1) is 11.8. The molecular weight excluding hydrogens is 320 g/mol. The van der Waals surface area contributed by atoms with E-state index in [2.05, 4.69) is 79.0 Å². The molecule has 0 N–H and O–H groups in total. The fourth-order valence-corrected chi connectivity index (χ4v) is 4.01. The summed E-state index contributed by atoms with van der Waals surface area (Å²) in [7, 11) is 0. The SMILES string of the molecule is C=Cc1cc(CCCC)cc(C(=C)/C=C\C)c1SCC(C)(C)C(C)C. The predicted molar refractivity (Wildman–Crippen MR) is 118 cm³/mol. The molecule has 1 aromatic rings. The molecule has 0 heterocycles. The Morgan fingerprint density at radius 2 is 1.96 bits per heavy atom. The van der Waals surface area contributed by atoms with Crippen LogP contribution in [-0.4, -0.2) is 5.75 Å². The Morgan fingerprint density at radius 3 is 2.48 bits per heavy atom. The van der Waals surface area contributed by atoms with Crippen LogP contribution in [0.25, 0.3) is 11.6 Å². The summed E-state index contributed by atoms with van der Waals surface area (Å²) >= 11 is 1.95. The van der Waals surface area contributed by atoms with Crippen molar-refractivity contribution in [1.82, 2.24) is 0 Å². The van der Waals surface area contributed by atoms with Crippen LogP contribution >= 0.6 is 11.8 Å². The molecule has 1 aromatic carbocycles. The van der Waals surface area contributed by atoms with Crippen LogP contribution in [-0.2, 0) is 6.42 Å². The van der Waals surface area contributed by atoms with E-state index in [-0.39, 0.29) is 0 Å². The standard InChI is InChI=1S/C24H36S/c1-9-12-14-20-15-21(11-3)23(22(16-20)19(6)13-10-2)25-17-24(7,8)18(4)5/h10-11,13,15-16,18H,3,6,9,12,14,17H2,1-2,4-5,7-8H3/b13-10-. The lowest BCUT2D eigenvalue weighted by Gasteiger charge is -2.29. The average molecular weight is 357 g/mol. The summed E-state index contributed by atoms with van der Waals surface area (Å²) in [4.78, 5) is 1.33. The fraction of sp³-hybridized carbons (Fsp3) is 0.500. The van der Waals surface area contributed by atoms with Gasteiger partial charge in [0.1, 0.15) is 0 Å². The molecule has 0 bridgehead atoms. The molecule has 0 saturated carbocycles. The Bertz CT molecular complexity index is 617. The van der Waals surface area contributed by atoms with Gasteiger partial charge in [0.25, 0.3) is 0 Å². The Hall–Kier alpha value is -1.21. The zero-order valence-electron chi connectivity index (χ0n) is 17.1. The number of allylic oxidation sites excluding steroid dienone is 3. The smallest absolute Gasteiger partial charge is 0.0223 e. The number of hydrogen-bond donors (Lipinski definition) is 0. The zero-order chi connectivity index (χ0) is 19.0. The van der Waals surface area contributed by atoms with Gasteiger partial charge in [0, 0.05) is 10.6 Å². The first kappa shape index (κ1) is 21.8. The van der Waals surface area contributed by atoms with Gasteiger partial charge in [-0.1, -0.05) is 84.6 Å². The van der Waals surface area contributed by atoms with Gasteiger partial charge in [-0.05, 0) is 53.4 Å². The molecule has 0 atom stereocenters. The Labute approximate surface area is 160 Å².